The first kappa shape index (κ1) is 22.5. The van der Waals surface area contributed by atoms with E-state index < -0.39 is 11.7 Å². The van der Waals surface area contributed by atoms with Crippen LogP contribution in [0, 0.1) is 23.2 Å². The lowest BCUT2D eigenvalue weighted by molar-refractivity contribution is -0.140. The first-order valence-electron chi connectivity index (χ1n) is 12.3. The minimum absolute atomic E-state index is 0.0701. The summed E-state index contributed by atoms with van der Waals surface area (Å²) in [6, 6.07) is 4.26. The monoisotopic (exact) mass is 484 g/mol. The number of nitrogens with zero attached hydrogens (tertiary/aromatic N) is 3. The van der Waals surface area contributed by atoms with Gasteiger partial charge >= 0.3 is 6.18 Å². The van der Waals surface area contributed by atoms with Crippen molar-refractivity contribution < 1.29 is 22.8 Å². The number of hydrogen-bond donors (Lipinski definition) is 1. The van der Waals surface area contributed by atoms with E-state index in [0.29, 0.717) is 42.2 Å². The van der Waals surface area contributed by atoms with Gasteiger partial charge in [-0.2, -0.15) is 13.2 Å². The Morgan fingerprint density at radius 2 is 1.60 bits per heavy atom. The van der Waals surface area contributed by atoms with Gasteiger partial charge in [-0.3, -0.25) is 9.59 Å². The summed E-state index contributed by atoms with van der Waals surface area (Å²) in [5.41, 5.74) is 0.622. The largest absolute Gasteiger partial charge is 0.416 e. The molecule has 2 heterocycles. The second-order valence-electron chi connectivity index (χ2n) is 10.9. The molecule has 1 aromatic heterocycles. The standard InChI is InChI=1S/C26H27F3N4O2/c27-26(28,29)19-3-1-18(2-4-19)23(34)33-6-5-20-21(13-33)30-14-31-22(20)32-24(35)25-10-15-7-16(11-25)9-17(8-15)12-25/h1-4,14-17H,5-13H2,(H,30,31,32,35). The van der Waals surface area contributed by atoms with Gasteiger partial charge in [-0.1, -0.05) is 0 Å². The van der Waals surface area contributed by atoms with Crippen molar-refractivity contribution in [2.75, 3.05) is 11.9 Å². The van der Waals surface area contributed by atoms with Crippen LogP contribution in [0.1, 0.15) is 65.7 Å². The van der Waals surface area contributed by atoms with Gasteiger partial charge in [0, 0.05) is 17.7 Å². The molecule has 4 saturated carbocycles. The molecule has 0 spiro atoms. The van der Waals surface area contributed by atoms with E-state index in [9.17, 15) is 22.8 Å². The summed E-state index contributed by atoms with van der Waals surface area (Å²) in [7, 11) is 0. The predicted molar refractivity (Wildman–Crippen MR) is 121 cm³/mol. The minimum atomic E-state index is -4.44. The molecule has 5 aliphatic rings. The number of nitrogens with one attached hydrogen (secondary N) is 1. The summed E-state index contributed by atoms with van der Waals surface area (Å²) in [5, 5.41) is 3.12. The highest BCUT2D eigenvalue weighted by molar-refractivity contribution is 5.96. The van der Waals surface area contributed by atoms with E-state index in [0.717, 1.165) is 37.0 Å². The molecule has 2 amide bonds. The Kier molecular flexibility index (Phi) is 5.16. The fraction of sp³-hybridized carbons (Fsp3) is 0.538. The second-order valence-corrected chi connectivity index (χ2v) is 10.9. The van der Waals surface area contributed by atoms with Crippen LogP contribution in [0.15, 0.2) is 30.6 Å². The van der Waals surface area contributed by atoms with Crippen LogP contribution in [0.25, 0.3) is 0 Å². The lowest BCUT2D eigenvalue weighted by Gasteiger charge is -2.55. The van der Waals surface area contributed by atoms with Gasteiger partial charge in [-0.15, -0.1) is 0 Å². The van der Waals surface area contributed by atoms with Crippen molar-refractivity contribution in [3.05, 3.63) is 53.0 Å². The highest BCUT2D eigenvalue weighted by Crippen LogP contribution is 2.60. The third-order valence-electron chi connectivity index (χ3n) is 8.51. The molecule has 7 rings (SSSR count). The van der Waals surface area contributed by atoms with Crippen LogP contribution in [-0.2, 0) is 23.9 Å². The van der Waals surface area contributed by atoms with Gasteiger partial charge in [0.2, 0.25) is 5.91 Å². The quantitative estimate of drug-likeness (QED) is 0.676. The fourth-order valence-electron chi connectivity index (χ4n) is 7.25. The number of carbonyl (C=O) groups is 2. The number of fused-ring (bicyclic) bond motifs is 1. The Balaban J connectivity index is 1.17. The molecule has 0 unspecified atom stereocenters. The van der Waals surface area contributed by atoms with Crippen molar-refractivity contribution in [3.8, 4) is 0 Å². The minimum Gasteiger partial charge on any atom is -0.332 e. The predicted octanol–water partition coefficient (Wildman–Crippen LogP) is 4.85. The number of hydrogen-bond acceptors (Lipinski definition) is 4. The van der Waals surface area contributed by atoms with Crippen molar-refractivity contribution in [1.29, 1.82) is 0 Å². The highest BCUT2D eigenvalue weighted by atomic mass is 19.4. The maximum absolute atomic E-state index is 13.5. The van der Waals surface area contributed by atoms with Crippen LogP contribution in [0.4, 0.5) is 19.0 Å². The van der Waals surface area contributed by atoms with Crippen LogP contribution in [0.5, 0.6) is 0 Å². The molecule has 0 atom stereocenters. The normalized spacial score (nSPS) is 29.1. The number of halogens is 3. The number of anilines is 1. The third-order valence-corrected chi connectivity index (χ3v) is 8.51. The van der Waals surface area contributed by atoms with Crippen molar-refractivity contribution in [1.82, 2.24) is 14.9 Å². The molecule has 1 aromatic carbocycles. The Hall–Kier alpha value is -2.97. The molecule has 4 bridgehead atoms. The summed E-state index contributed by atoms with van der Waals surface area (Å²) in [5.74, 6) is 2.24. The molecule has 184 valence electrons. The number of amides is 2. The number of aromatic nitrogens is 2. The van der Waals surface area contributed by atoms with Gasteiger partial charge in [0.25, 0.3) is 5.91 Å². The molecule has 2 aromatic rings. The van der Waals surface area contributed by atoms with E-state index in [1.54, 1.807) is 4.90 Å². The van der Waals surface area contributed by atoms with Gasteiger partial charge in [0.05, 0.1) is 23.2 Å². The molecular weight excluding hydrogens is 457 g/mol. The summed E-state index contributed by atoms with van der Waals surface area (Å²) in [4.78, 5) is 36.7. The van der Waals surface area contributed by atoms with Gasteiger partial charge in [-0.25, -0.2) is 9.97 Å². The molecule has 35 heavy (non-hydrogen) atoms. The third kappa shape index (κ3) is 3.98. The van der Waals surface area contributed by atoms with Gasteiger partial charge < -0.3 is 10.2 Å². The average Bonchev–Trinajstić information content (AvgIpc) is 2.82. The number of alkyl halides is 3. The maximum atomic E-state index is 13.5. The van der Waals surface area contributed by atoms with Crippen molar-refractivity contribution in [3.63, 3.8) is 0 Å². The van der Waals surface area contributed by atoms with Crippen molar-refractivity contribution >= 4 is 17.6 Å². The second kappa shape index (κ2) is 8.03. The lowest BCUT2D eigenvalue weighted by Crippen LogP contribution is -2.52. The summed E-state index contributed by atoms with van der Waals surface area (Å²) in [6.07, 6.45) is 4.11. The van der Waals surface area contributed by atoms with Gasteiger partial charge in [0.15, 0.2) is 0 Å². The topological polar surface area (TPSA) is 75.2 Å². The zero-order valence-electron chi connectivity index (χ0n) is 19.3. The molecule has 4 fully saturated rings. The summed E-state index contributed by atoms with van der Waals surface area (Å²) in [6.45, 7) is 0.596. The Morgan fingerprint density at radius 1 is 0.971 bits per heavy atom. The molecule has 1 N–H and O–H groups in total. The number of benzene rings is 1. The molecule has 9 heteroatoms. The SMILES string of the molecule is O=C(c1ccc(C(F)(F)F)cc1)N1CCc2c(ncnc2NC(=O)C23CC4CC(CC(C4)C2)C3)C1. The maximum Gasteiger partial charge on any atom is 0.416 e. The highest BCUT2D eigenvalue weighted by Gasteiger charge is 2.54. The number of rotatable bonds is 3. The zero-order chi connectivity index (χ0) is 24.4. The Labute approximate surface area is 201 Å². The molecule has 1 aliphatic heterocycles. The van der Waals surface area contributed by atoms with E-state index >= 15 is 0 Å². The Morgan fingerprint density at radius 3 is 2.20 bits per heavy atom. The van der Waals surface area contributed by atoms with E-state index in [1.807, 2.05) is 0 Å². The van der Waals surface area contributed by atoms with E-state index in [1.165, 1.54) is 37.7 Å². The smallest absolute Gasteiger partial charge is 0.332 e. The van der Waals surface area contributed by atoms with Gasteiger partial charge in [0.1, 0.15) is 12.1 Å². The molecule has 6 nitrogen and oxygen atoms in total. The first-order valence-corrected chi connectivity index (χ1v) is 12.3. The van der Waals surface area contributed by atoms with Crippen LogP contribution in [0.2, 0.25) is 0 Å². The van der Waals surface area contributed by atoms with Crippen LogP contribution >= 0.6 is 0 Å². The molecular formula is C26H27F3N4O2. The lowest BCUT2D eigenvalue weighted by atomic mass is 9.49. The molecule has 4 aliphatic carbocycles. The van der Waals surface area contributed by atoms with Crippen molar-refractivity contribution in [2.24, 2.45) is 23.2 Å². The summed E-state index contributed by atoms with van der Waals surface area (Å²) >= 11 is 0. The van der Waals surface area contributed by atoms with Crippen LogP contribution in [-0.4, -0.2) is 33.2 Å². The fourth-order valence-corrected chi connectivity index (χ4v) is 7.25. The van der Waals surface area contributed by atoms with Gasteiger partial charge in [-0.05, 0) is 87.0 Å². The van der Waals surface area contributed by atoms with E-state index in [4.69, 9.17) is 0 Å². The van der Waals surface area contributed by atoms with E-state index in [-0.39, 0.29) is 29.3 Å². The van der Waals surface area contributed by atoms with Crippen LogP contribution in [0.3, 0.4) is 0 Å². The first-order chi connectivity index (χ1) is 16.7. The van der Waals surface area contributed by atoms with Crippen molar-refractivity contribution in [2.45, 2.75) is 57.7 Å². The molecule has 0 radical (unpaired) electrons. The average molecular weight is 485 g/mol. The van der Waals surface area contributed by atoms with Crippen LogP contribution < -0.4 is 5.32 Å². The Bertz CT molecular complexity index is 1140. The molecule has 0 saturated heterocycles. The zero-order valence-corrected chi connectivity index (χ0v) is 19.3. The number of carbonyl (C=O) groups excluding carboxylic acids is 2. The summed E-state index contributed by atoms with van der Waals surface area (Å²) < 4.78 is 38.5. The van der Waals surface area contributed by atoms with E-state index in [2.05, 4.69) is 15.3 Å².